The summed E-state index contributed by atoms with van der Waals surface area (Å²) in [6, 6.07) is 14.1. The van der Waals surface area contributed by atoms with Crippen molar-refractivity contribution in [1.82, 2.24) is 9.55 Å². The maximum absolute atomic E-state index is 12.7. The number of anilines is 2. The van der Waals surface area contributed by atoms with Gasteiger partial charge in [0, 0.05) is 11.6 Å². The molecule has 5 rings (SSSR count). The zero-order chi connectivity index (χ0) is 25.6. The van der Waals surface area contributed by atoms with Crippen LogP contribution in [0.5, 0.6) is 0 Å². The molecule has 0 aliphatic heterocycles. The second kappa shape index (κ2) is 8.53. The molecular weight excluding hydrogens is 462 g/mol. The van der Waals surface area contributed by atoms with E-state index in [1.54, 1.807) is 63.2 Å². The van der Waals surface area contributed by atoms with E-state index in [0.717, 1.165) is 0 Å². The minimum Gasteiger partial charge on any atom is -0.444 e. The summed E-state index contributed by atoms with van der Waals surface area (Å²) in [5.41, 5.74) is 1.08. The molecule has 1 saturated carbocycles. The minimum absolute atomic E-state index is 0.270. The molecule has 10 nitrogen and oxygen atoms in total. The van der Waals surface area contributed by atoms with Gasteiger partial charge in [0.25, 0.3) is 0 Å². The smallest absolute Gasteiger partial charge is 0.424 e. The van der Waals surface area contributed by atoms with Crippen molar-refractivity contribution in [1.29, 1.82) is 5.26 Å². The van der Waals surface area contributed by atoms with Gasteiger partial charge in [-0.05, 0) is 62.9 Å². The largest absolute Gasteiger partial charge is 0.444 e. The zero-order valence-electron chi connectivity index (χ0n) is 19.9. The van der Waals surface area contributed by atoms with Gasteiger partial charge in [0.05, 0.1) is 34.8 Å². The first-order valence-electron chi connectivity index (χ1n) is 11.4. The molecule has 2 aromatic heterocycles. The fourth-order valence-electron chi connectivity index (χ4n) is 4.01. The van der Waals surface area contributed by atoms with Crippen LogP contribution in [-0.2, 0) is 9.53 Å². The van der Waals surface area contributed by atoms with Crippen molar-refractivity contribution in [3.05, 3.63) is 59.2 Å². The molecular formula is C26H23N5O5. The van der Waals surface area contributed by atoms with E-state index in [1.165, 1.54) is 10.8 Å². The van der Waals surface area contributed by atoms with Gasteiger partial charge in [0.1, 0.15) is 11.4 Å². The average molecular weight is 486 g/mol. The average Bonchev–Trinajstić information content (AvgIpc) is 3.52. The van der Waals surface area contributed by atoms with Gasteiger partial charge in [-0.15, -0.1) is 0 Å². The van der Waals surface area contributed by atoms with Crippen LogP contribution in [0.25, 0.3) is 27.6 Å². The molecule has 1 aliphatic rings. The Labute approximate surface area is 205 Å². The van der Waals surface area contributed by atoms with Gasteiger partial charge in [-0.2, -0.15) is 5.26 Å². The Morgan fingerprint density at radius 3 is 2.69 bits per heavy atom. The molecule has 0 bridgehead atoms. The highest BCUT2D eigenvalue weighted by Crippen LogP contribution is 2.38. The number of ether oxygens (including phenoxy) is 1. The highest BCUT2D eigenvalue weighted by Gasteiger charge is 2.43. The number of pyridine rings is 1. The molecule has 0 saturated heterocycles. The van der Waals surface area contributed by atoms with Crippen molar-refractivity contribution in [3.63, 3.8) is 0 Å². The number of amides is 2. The molecule has 0 unspecified atom stereocenters. The van der Waals surface area contributed by atoms with Gasteiger partial charge in [0.2, 0.25) is 5.91 Å². The van der Waals surface area contributed by atoms with E-state index in [-0.39, 0.29) is 17.7 Å². The molecule has 2 atom stereocenters. The van der Waals surface area contributed by atoms with E-state index in [4.69, 9.17) is 14.4 Å². The Balaban J connectivity index is 1.60. The zero-order valence-corrected chi connectivity index (χ0v) is 19.9. The standard InChI is InChI=1S/C26H23N5O5/c1-26(2,3)36-24(33)29-19-11-16(31-20-6-4-5-7-21(20)35-25(31)34)8-14-10-22(28-13-18(14)19)30-23(32)17-9-15(17)12-27/h4-8,10-11,13,15,17H,9H2,1-3H3,(H,29,33)(H,28,30,32)/t15-,17+/m0/s1. The number of carbonyl (C=O) groups excluding carboxylic acids is 2. The SMILES string of the molecule is CC(C)(C)OC(=O)Nc1cc(-n2c(=O)oc3ccccc32)cc2cc(NC(=O)[C@@H]3C[C@H]3C#N)ncc12. The number of carbonyl (C=O) groups is 2. The van der Waals surface area contributed by atoms with Gasteiger partial charge in [-0.3, -0.25) is 10.1 Å². The normalized spacial score (nSPS) is 16.9. The molecule has 4 aromatic rings. The Bertz CT molecular complexity index is 1620. The maximum Gasteiger partial charge on any atom is 0.424 e. The second-order valence-electron chi connectivity index (χ2n) is 9.65. The number of aromatic nitrogens is 2. The first-order chi connectivity index (χ1) is 17.1. The Kier molecular flexibility index (Phi) is 5.48. The van der Waals surface area contributed by atoms with Crippen LogP contribution in [0.3, 0.4) is 0 Å². The van der Waals surface area contributed by atoms with Crippen LogP contribution < -0.4 is 16.4 Å². The Morgan fingerprint density at radius 1 is 1.19 bits per heavy atom. The second-order valence-corrected chi connectivity index (χ2v) is 9.65. The highest BCUT2D eigenvalue weighted by molar-refractivity contribution is 6.03. The number of hydrogen-bond donors (Lipinski definition) is 2. The number of nitriles is 1. The summed E-state index contributed by atoms with van der Waals surface area (Å²) in [7, 11) is 0. The highest BCUT2D eigenvalue weighted by atomic mass is 16.6. The van der Waals surface area contributed by atoms with Crippen LogP contribution in [0.1, 0.15) is 27.2 Å². The fraction of sp³-hybridized carbons (Fsp3) is 0.269. The Morgan fingerprint density at radius 2 is 1.97 bits per heavy atom. The lowest BCUT2D eigenvalue weighted by atomic mass is 10.1. The number of para-hydroxylation sites is 2. The van der Waals surface area contributed by atoms with Crippen molar-refractivity contribution in [2.75, 3.05) is 10.6 Å². The quantitative estimate of drug-likeness (QED) is 0.431. The molecule has 2 amide bonds. The summed E-state index contributed by atoms with van der Waals surface area (Å²) in [5.74, 6) is -1.19. The number of nitrogens with one attached hydrogen (secondary N) is 2. The van der Waals surface area contributed by atoms with Crippen LogP contribution in [0.4, 0.5) is 16.3 Å². The first-order valence-corrected chi connectivity index (χ1v) is 11.4. The van der Waals surface area contributed by atoms with Crippen LogP contribution >= 0.6 is 0 Å². The summed E-state index contributed by atoms with van der Waals surface area (Å²) in [4.78, 5) is 42.1. The molecule has 0 spiro atoms. The molecule has 1 aliphatic carbocycles. The lowest BCUT2D eigenvalue weighted by Crippen LogP contribution is -2.27. The lowest BCUT2D eigenvalue weighted by Gasteiger charge is -2.20. The minimum atomic E-state index is -0.713. The predicted molar refractivity (Wildman–Crippen MR) is 133 cm³/mol. The van der Waals surface area contributed by atoms with Crippen LogP contribution in [0.15, 0.2) is 57.9 Å². The van der Waals surface area contributed by atoms with E-state index < -0.39 is 17.5 Å². The molecule has 0 radical (unpaired) electrons. The van der Waals surface area contributed by atoms with Crippen LogP contribution in [0, 0.1) is 23.2 Å². The fourth-order valence-corrected chi connectivity index (χ4v) is 4.01. The first kappa shape index (κ1) is 23.1. The molecule has 2 aromatic carbocycles. The van der Waals surface area contributed by atoms with E-state index in [9.17, 15) is 14.4 Å². The van der Waals surface area contributed by atoms with Crippen molar-refractivity contribution in [3.8, 4) is 11.8 Å². The molecule has 182 valence electrons. The van der Waals surface area contributed by atoms with E-state index in [0.29, 0.717) is 45.5 Å². The third-order valence-electron chi connectivity index (χ3n) is 5.75. The topological polar surface area (TPSA) is 139 Å². The summed E-state index contributed by atoms with van der Waals surface area (Å²) < 4.78 is 12.2. The third-order valence-corrected chi connectivity index (χ3v) is 5.75. The number of nitrogens with zero attached hydrogens (tertiary/aromatic N) is 3. The van der Waals surface area contributed by atoms with Gasteiger partial charge in [0.15, 0.2) is 5.58 Å². The van der Waals surface area contributed by atoms with Crippen LogP contribution in [-0.4, -0.2) is 27.2 Å². The monoisotopic (exact) mass is 485 g/mol. The number of benzene rings is 2. The number of hydrogen-bond acceptors (Lipinski definition) is 7. The van der Waals surface area contributed by atoms with Crippen molar-refractivity contribution >= 4 is 45.4 Å². The van der Waals surface area contributed by atoms with Crippen molar-refractivity contribution < 1.29 is 18.7 Å². The number of rotatable bonds is 4. The Hall–Kier alpha value is -4.65. The number of oxazole rings is 1. The molecule has 2 N–H and O–H groups in total. The van der Waals surface area contributed by atoms with Gasteiger partial charge < -0.3 is 14.5 Å². The van der Waals surface area contributed by atoms with Crippen molar-refractivity contribution in [2.24, 2.45) is 11.8 Å². The summed E-state index contributed by atoms with van der Waals surface area (Å²) in [6.45, 7) is 5.27. The van der Waals surface area contributed by atoms with Gasteiger partial charge in [-0.25, -0.2) is 19.1 Å². The van der Waals surface area contributed by atoms with Crippen LogP contribution in [0.2, 0.25) is 0 Å². The predicted octanol–water partition coefficient (Wildman–Crippen LogP) is 4.58. The van der Waals surface area contributed by atoms with Gasteiger partial charge in [-0.1, -0.05) is 12.1 Å². The molecule has 10 heteroatoms. The molecule has 36 heavy (non-hydrogen) atoms. The molecule has 1 fully saturated rings. The van der Waals surface area contributed by atoms with E-state index >= 15 is 0 Å². The summed E-state index contributed by atoms with van der Waals surface area (Å²) in [6.07, 6.45) is 1.38. The molecule has 2 heterocycles. The maximum atomic E-state index is 12.7. The van der Waals surface area contributed by atoms with Gasteiger partial charge >= 0.3 is 11.8 Å². The summed E-state index contributed by atoms with van der Waals surface area (Å²) >= 11 is 0. The van der Waals surface area contributed by atoms with E-state index in [2.05, 4.69) is 21.7 Å². The summed E-state index contributed by atoms with van der Waals surface area (Å²) in [5, 5.41) is 15.7. The van der Waals surface area contributed by atoms with Crippen molar-refractivity contribution in [2.45, 2.75) is 32.8 Å². The third kappa shape index (κ3) is 4.51. The lowest BCUT2D eigenvalue weighted by molar-refractivity contribution is -0.117. The van der Waals surface area contributed by atoms with E-state index in [1.807, 2.05) is 0 Å². The number of fused-ring (bicyclic) bond motifs is 2.